The largest absolute Gasteiger partial charge is 0.495 e. The van der Waals surface area contributed by atoms with E-state index in [1.807, 2.05) is 20.8 Å². The third-order valence-electron chi connectivity index (χ3n) is 1.68. The Morgan fingerprint density at radius 1 is 1.55 bits per heavy atom. The summed E-state index contributed by atoms with van der Waals surface area (Å²) < 4.78 is 0. The van der Waals surface area contributed by atoms with Gasteiger partial charge in [-0.2, -0.15) is 0 Å². The average molecular weight is 154 g/mol. The number of amidine groups is 1. The molecule has 0 bridgehead atoms. The summed E-state index contributed by atoms with van der Waals surface area (Å²) in [6, 6.07) is 0. The second-order valence-electron chi connectivity index (χ2n) is 3.11. The van der Waals surface area contributed by atoms with Crippen LogP contribution in [0.2, 0.25) is 0 Å². The number of hydrogen-bond acceptors (Lipinski definition) is 3. The smallest absolute Gasteiger partial charge is 0.190 e. The van der Waals surface area contributed by atoms with E-state index in [1.165, 1.54) is 0 Å². The molecule has 1 aliphatic rings. The van der Waals surface area contributed by atoms with Crippen molar-refractivity contribution in [2.24, 2.45) is 10.9 Å². The fourth-order valence-corrected chi connectivity index (χ4v) is 0.873. The summed E-state index contributed by atoms with van der Waals surface area (Å²) in [6.45, 7) is 6.56. The minimum absolute atomic E-state index is 0.267. The van der Waals surface area contributed by atoms with Crippen LogP contribution < -0.4 is 5.32 Å². The summed E-state index contributed by atoms with van der Waals surface area (Å²) in [7, 11) is 0. The van der Waals surface area contributed by atoms with Crippen LogP contribution in [0, 0.1) is 5.92 Å². The molecule has 3 heteroatoms. The molecule has 1 rings (SSSR count). The van der Waals surface area contributed by atoms with E-state index >= 15 is 0 Å². The number of rotatable bonds is 1. The predicted octanol–water partition coefficient (Wildman–Crippen LogP) is 1.43. The maximum Gasteiger partial charge on any atom is 0.190 e. The van der Waals surface area contributed by atoms with Gasteiger partial charge < -0.3 is 10.4 Å². The molecule has 0 atom stereocenters. The van der Waals surface area contributed by atoms with Gasteiger partial charge in [0.15, 0.2) is 5.88 Å². The van der Waals surface area contributed by atoms with Crippen LogP contribution in [-0.2, 0) is 0 Å². The van der Waals surface area contributed by atoms with E-state index in [4.69, 9.17) is 0 Å². The van der Waals surface area contributed by atoms with Gasteiger partial charge in [0.2, 0.25) is 0 Å². The van der Waals surface area contributed by atoms with E-state index in [0.717, 1.165) is 11.4 Å². The van der Waals surface area contributed by atoms with Gasteiger partial charge in [-0.1, -0.05) is 13.8 Å². The van der Waals surface area contributed by atoms with Crippen molar-refractivity contribution in [3.63, 3.8) is 0 Å². The van der Waals surface area contributed by atoms with Crippen LogP contribution in [0.15, 0.2) is 16.4 Å². The Morgan fingerprint density at radius 3 is 2.64 bits per heavy atom. The zero-order valence-corrected chi connectivity index (χ0v) is 7.18. The van der Waals surface area contributed by atoms with Gasteiger partial charge in [-0.25, -0.2) is 0 Å². The molecular weight excluding hydrogens is 140 g/mol. The summed E-state index contributed by atoms with van der Waals surface area (Å²) in [4.78, 5) is 4.25. The predicted molar refractivity (Wildman–Crippen MR) is 45.6 cm³/mol. The molecule has 2 N–H and O–H groups in total. The number of nitrogens with zero attached hydrogens (tertiary/aromatic N) is 1. The van der Waals surface area contributed by atoms with Crippen molar-refractivity contribution in [3.8, 4) is 0 Å². The molecule has 0 radical (unpaired) electrons. The summed E-state index contributed by atoms with van der Waals surface area (Å²) in [6.07, 6.45) is 0. The molecule has 1 aliphatic heterocycles. The lowest BCUT2D eigenvalue weighted by molar-refractivity contribution is 0.374. The first-order valence-corrected chi connectivity index (χ1v) is 3.81. The van der Waals surface area contributed by atoms with Crippen molar-refractivity contribution < 1.29 is 5.11 Å². The molecule has 62 valence electrons. The molecule has 0 aromatic heterocycles. The SMILES string of the molecule is CC1=C(O)NC(C(C)C)=NC1. The Hall–Kier alpha value is -0.990. The highest BCUT2D eigenvalue weighted by Crippen LogP contribution is 2.07. The van der Waals surface area contributed by atoms with Gasteiger partial charge in [0.25, 0.3) is 0 Å². The fraction of sp³-hybridized carbons (Fsp3) is 0.625. The maximum absolute atomic E-state index is 9.28. The number of nitrogens with one attached hydrogen (secondary N) is 1. The fourth-order valence-electron chi connectivity index (χ4n) is 0.873. The molecule has 0 saturated heterocycles. The van der Waals surface area contributed by atoms with Crippen LogP contribution in [0.4, 0.5) is 0 Å². The van der Waals surface area contributed by atoms with E-state index in [0.29, 0.717) is 12.5 Å². The minimum Gasteiger partial charge on any atom is -0.495 e. The van der Waals surface area contributed by atoms with Crippen molar-refractivity contribution in [2.75, 3.05) is 6.54 Å². The number of hydrogen-bond donors (Lipinski definition) is 2. The molecule has 11 heavy (non-hydrogen) atoms. The van der Waals surface area contributed by atoms with E-state index < -0.39 is 0 Å². The topological polar surface area (TPSA) is 44.6 Å². The molecule has 0 saturated carbocycles. The number of aliphatic hydroxyl groups is 1. The van der Waals surface area contributed by atoms with E-state index in [2.05, 4.69) is 10.3 Å². The van der Waals surface area contributed by atoms with Gasteiger partial charge in [0.05, 0.1) is 6.54 Å². The van der Waals surface area contributed by atoms with Crippen molar-refractivity contribution in [1.82, 2.24) is 5.32 Å². The third-order valence-corrected chi connectivity index (χ3v) is 1.68. The van der Waals surface area contributed by atoms with E-state index in [9.17, 15) is 5.11 Å². The standard InChI is InChI=1S/C8H14N2O/c1-5(2)7-9-4-6(3)8(11)10-7/h5,11H,4H2,1-3H3,(H,9,10). The Kier molecular flexibility index (Phi) is 2.17. The molecule has 0 spiro atoms. The summed E-state index contributed by atoms with van der Waals surface area (Å²) >= 11 is 0. The Morgan fingerprint density at radius 2 is 2.18 bits per heavy atom. The third kappa shape index (κ3) is 1.73. The molecule has 0 fully saturated rings. The van der Waals surface area contributed by atoms with Crippen LogP contribution in [0.25, 0.3) is 0 Å². The van der Waals surface area contributed by atoms with Crippen molar-refractivity contribution in [2.45, 2.75) is 20.8 Å². The maximum atomic E-state index is 9.28. The van der Waals surface area contributed by atoms with Crippen LogP contribution in [0.1, 0.15) is 20.8 Å². The molecule has 0 aromatic rings. The zero-order chi connectivity index (χ0) is 8.43. The lowest BCUT2D eigenvalue weighted by atomic mass is 10.1. The molecule has 0 unspecified atom stereocenters. The van der Waals surface area contributed by atoms with Gasteiger partial charge in [0.1, 0.15) is 5.84 Å². The average Bonchev–Trinajstić information content (AvgIpc) is 1.94. The van der Waals surface area contributed by atoms with Crippen molar-refractivity contribution >= 4 is 5.84 Å². The van der Waals surface area contributed by atoms with Gasteiger partial charge in [-0.05, 0) is 6.92 Å². The van der Waals surface area contributed by atoms with Gasteiger partial charge in [0, 0.05) is 11.5 Å². The lowest BCUT2D eigenvalue weighted by Crippen LogP contribution is -2.31. The molecular formula is C8H14N2O. The van der Waals surface area contributed by atoms with Crippen LogP contribution in [0.5, 0.6) is 0 Å². The number of aliphatic hydroxyl groups excluding tert-OH is 1. The zero-order valence-electron chi connectivity index (χ0n) is 7.18. The van der Waals surface area contributed by atoms with E-state index in [-0.39, 0.29) is 5.88 Å². The first-order chi connectivity index (χ1) is 5.11. The monoisotopic (exact) mass is 154 g/mol. The highest BCUT2D eigenvalue weighted by Gasteiger charge is 2.12. The highest BCUT2D eigenvalue weighted by atomic mass is 16.3. The van der Waals surface area contributed by atoms with Crippen LogP contribution in [-0.4, -0.2) is 17.5 Å². The first kappa shape index (κ1) is 8.11. The highest BCUT2D eigenvalue weighted by molar-refractivity contribution is 5.86. The van der Waals surface area contributed by atoms with E-state index in [1.54, 1.807) is 0 Å². The van der Waals surface area contributed by atoms with Gasteiger partial charge in [-0.3, -0.25) is 4.99 Å². The quantitative estimate of drug-likeness (QED) is 0.600. The second-order valence-corrected chi connectivity index (χ2v) is 3.11. The lowest BCUT2D eigenvalue weighted by Gasteiger charge is -2.18. The van der Waals surface area contributed by atoms with Crippen molar-refractivity contribution in [1.29, 1.82) is 0 Å². The summed E-state index contributed by atoms with van der Waals surface area (Å²) in [5.74, 6) is 1.49. The summed E-state index contributed by atoms with van der Waals surface area (Å²) in [5, 5.41) is 12.1. The minimum atomic E-state index is 0.267. The molecule has 0 amide bonds. The van der Waals surface area contributed by atoms with Crippen molar-refractivity contribution in [3.05, 3.63) is 11.5 Å². The Balaban J connectivity index is 2.67. The Bertz CT molecular complexity index is 216. The summed E-state index contributed by atoms with van der Waals surface area (Å²) in [5.41, 5.74) is 0.898. The molecule has 1 heterocycles. The molecule has 3 nitrogen and oxygen atoms in total. The second kappa shape index (κ2) is 2.95. The number of aliphatic imine (C=N–C) groups is 1. The van der Waals surface area contributed by atoms with Crippen LogP contribution >= 0.6 is 0 Å². The Labute approximate surface area is 66.8 Å². The van der Waals surface area contributed by atoms with Gasteiger partial charge in [-0.15, -0.1) is 0 Å². The molecule has 0 aromatic carbocycles. The normalized spacial score (nSPS) is 18.4. The first-order valence-electron chi connectivity index (χ1n) is 3.81. The molecule has 0 aliphatic carbocycles. The van der Waals surface area contributed by atoms with Crippen LogP contribution in [0.3, 0.4) is 0 Å². The van der Waals surface area contributed by atoms with Gasteiger partial charge >= 0.3 is 0 Å².